The molecule has 114 valence electrons. The average Bonchev–Trinajstić information content (AvgIpc) is 2.45. The second-order valence-electron chi connectivity index (χ2n) is 4.91. The van der Waals surface area contributed by atoms with Crippen LogP contribution in [0.3, 0.4) is 0 Å². The molecule has 7 nitrogen and oxygen atoms in total. The van der Waals surface area contributed by atoms with E-state index in [1.54, 1.807) is 4.90 Å². The smallest absolute Gasteiger partial charge is 0.326 e. The number of carbonyl (C=O) groups is 3. The number of rotatable bonds is 5. The van der Waals surface area contributed by atoms with Crippen molar-refractivity contribution in [1.29, 1.82) is 0 Å². The Morgan fingerprint density at radius 3 is 2.40 bits per heavy atom. The molecule has 20 heavy (non-hydrogen) atoms. The van der Waals surface area contributed by atoms with Crippen LogP contribution in [0.4, 0.5) is 4.79 Å². The number of carbonyl (C=O) groups excluding carboxylic acids is 2. The Morgan fingerprint density at radius 1 is 1.35 bits per heavy atom. The molecule has 1 atom stereocenters. The highest BCUT2D eigenvalue weighted by molar-refractivity contribution is 5.82. The molecule has 0 unspecified atom stereocenters. The molecular formula is C13H22N2O5. The Bertz CT molecular complexity index is 364. The molecule has 0 saturated carbocycles. The maximum Gasteiger partial charge on any atom is 0.326 e. The van der Waals surface area contributed by atoms with E-state index in [-0.39, 0.29) is 17.9 Å². The summed E-state index contributed by atoms with van der Waals surface area (Å²) in [7, 11) is 1.35. The van der Waals surface area contributed by atoms with Crippen LogP contribution in [0.25, 0.3) is 0 Å². The van der Waals surface area contributed by atoms with E-state index in [1.807, 2.05) is 6.92 Å². The lowest BCUT2D eigenvalue weighted by atomic mass is 9.97. The van der Waals surface area contributed by atoms with Gasteiger partial charge in [-0.05, 0) is 19.3 Å². The van der Waals surface area contributed by atoms with Crippen LogP contribution in [0.2, 0.25) is 0 Å². The number of carboxylic acids is 1. The van der Waals surface area contributed by atoms with Gasteiger partial charge in [0.2, 0.25) is 0 Å². The van der Waals surface area contributed by atoms with Crippen molar-refractivity contribution in [1.82, 2.24) is 10.2 Å². The van der Waals surface area contributed by atoms with Gasteiger partial charge in [0.25, 0.3) is 0 Å². The molecule has 1 aliphatic rings. The molecule has 7 heteroatoms. The number of ether oxygens (including phenoxy) is 1. The second-order valence-corrected chi connectivity index (χ2v) is 4.91. The van der Waals surface area contributed by atoms with E-state index in [2.05, 4.69) is 10.1 Å². The molecule has 2 amide bonds. The first-order chi connectivity index (χ1) is 9.49. The van der Waals surface area contributed by atoms with Crippen LogP contribution < -0.4 is 5.32 Å². The number of carboxylic acid groups (broad SMARTS) is 1. The number of aliphatic carboxylic acids is 1. The van der Waals surface area contributed by atoms with Crippen molar-refractivity contribution in [3.05, 3.63) is 0 Å². The molecule has 1 fully saturated rings. The first-order valence-electron chi connectivity index (χ1n) is 6.85. The Balaban J connectivity index is 2.46. The quantitative estimate of drug-likeness (QED) is 0.730. The van der Waals surface area contributed by atoms with Crippen LogP contribution in [0.5, 0.6) is 0 Å². The number of nitrogens with one attached hydrogen (secondary N) is 1. The van der Waals surface area contributed by atoms with Gasteiger partial charge in [-0.1, -0.05) is 13.3 Å². The molecule has 2 N–H and O–H groups in total. The van der Waals surface area contributed by atoms with Crippen LogP contribution >= 0.6 is 0 Å². The first-order valence-corrected chi connectivity index (χ1v) is 6.85. The van der Waals surface area contributed by atoms with Crippen LogP contribution in [0, 0.1) is 5.92 Å². The van der Waals surface area contributed by atoms with Crippen LogP contribution in [0.1, 0.15) is 32.6 Å². The van der Waals surface area contributed by atoms with E-state index in [1.165, 1.54) is 7.11 Å². The predicted octanol–water partition coefficient (Wildman–Crippen LogP) is 0.834. The largest absolute Gasteiger partial charge is 0.480 e. The van der Waals surface area contributed by atoms with Crippen molar-refractivity contribution in [3.8, 4) is 0 Å². The van der Waals surface area contributed by atoms with Crippen molar-refractivity contribution in [2.45, 2.75) is 38.6 Å². The van der Waals surface area contributed by atoms with E-state index >= 15 is 0 Å². The molecule has 1 aliphatic heterocycles. The summed E-state index contributed by atoms with van der Waals surface area (Å²) in [4.78, 5) is 35.9. The maximum absolute atomic E-state index is 12.0. The van der Waals surface area contributed by atoms with E-state index in [9.17, 15) is 14.4 Å². The number of hydrogen-bond acceptors (Lipinski definition) is 4. The molecule has 0 aromatic carbocycles. The Hall–Kier alpha value is -1.79. The van der Waals surface area contributed by atoms with Crippen LogP contribution in [0.15, 0.2) is 0 Å². The standard InChI is InChI=1S/C13H22N2O5/c1-3-4-10(11(16)17)14-13(19)15-7-5-9(6-8-15)12(18)20-2/h9-10H,3-8H2,1-2H3,(H,14,19)(H,16,17)/t10-/m0/s1. The summed E-state index contributed by atoms with van der Waals surface area (Å²) in [5, 5.41) is 11.5. The van der Waals surface area contributed by atoms with Gasteiger partial charge < -0.3 is 20.1 Å². The SMILES string of the molecule is CCC[C@H](NC(=O)N1CCC(C(=O)OC)CC1)C(=O)O. The molecule has 1 heterocycles. The molecule has 0 aromatic rings. The van der Waals surface area contributed by atoms with Gasteiger partial charge in [-0.3, -0.25) is 4.79 Å². The minimum Gasteiger partial charge on any atom is -0.480 e. The van der Waals surface area contributed by atoms with Gasteiger partial charge in [0.1, 0.15) is 6.04 Å². The average molecular weight is 286 g/mol. The molecule has 0 aliphatic carbocycles. The van der Waals surface area contributed by atoms with Gasteiger partial charge in [0.05, 0.1) is 13.0 Å². The van der Waals surface area contributed by atoms with E-state index < -0.39 is 12.0 Å². The molecule has 1 rings (SSSR count). The number of piperidine rings is 1. The van der Waals surface area contributed by atoms with E-state index in [0.717, 1.165) is 0 Å². The highest BCUT2D eigenvalue weighted by Crippen LogP contribution is 2.18. The number of hydrogen-bond donors (Lipinski definition) is 2. The zero-order valence-corrected chi connectivity index (χ0v) is 11.9. The fourth-order valence-electron chi connectivity index (χ4n) is 2.27. The highest BCUT2D eigenvalue weighted by atomic mass is 16.5. The van der Waals surface area contributed by atoms with Gasteiger partial charge in [0.15, 0.2) is 0 Å². The fourth-order valence-corrected chi connectivity index (χ4v) is 2.27. The van der Waals surface area contributed by atoms with Gasteiger partial charge in [-0.2, -0.15) is 0 Å². The van der Waals surface area contributed by atoms with Gasteiger partial charge in [-0.25, -0.2) is 9.59 Å². The number of urea groups is 1. The summed E-state index contributed by atoms with van der Waals surface area (Å²) in [6.07, 6.45) is 2.18. The minimum absolute atomic E-state index is 0.171. The molecule has 0 aromatic heterocycles. The van der Waals surface area contributed by atoms with Gasteiger partial charge in [0, 0.05) is 13.1 Å². The van der Waals surface area contributed by atoms with Gasteiger partial charge >= 0.3 is 18.0 Å². The van der Waals surface area contributed by atoms with Crippen molar-refractivity contribution >= 4 is 18.0 Å². The third-order valence-corrected chi connectivity index (χ3v) is 3.49. The van der Waals surface area contributed by atoms with Crippen LogP contribution in [-0.2, 0) is 14.3 Å². The number of likely N-dealkylation sites (tertiary alicyclic amines) is 1. The molecule has 1 saturated heterocycles. The van der Waals surface area contributed by atoms with Gasteiger partial charge in [-0.15, -0.1) is 0 Å². The third kappa shape index (κ3) is 4.40. The number of amides is 2. The molecule has 0 spiro atoms. The minimum atomic E-state index is -1.02. The van der Waals surface area contributed by atoms with E-state index in [0.29, 0.717) is 38.8 Å². The first kappa shape index (κ1) is 16.3. The Kier molecular flexibility index (Phi) is 6.27. The summed E-state index contributed by atoms with van der Waals surface area (Å²) in [5.41, 5.74) is 0. The monoisotopic (exact) mass is 286 g/mol. The molecule has 0 bridgehead atoms. The van der Waals surface area contributed by atoms with Crippen molar-refractivity contribution in [2.75, 3.05) is 20.2 Å². The molecule has 0 radical (unpaired) electrons. The summed E-state index contributed by atoms with van der Waals surface area (Å²) in [6, 6.07) is -1.24. The third-order valence-electron chi connectivity index (χ3n) is 3.49. The zero-order chi connectivity index (χ0) is 15.1. The zero-order valence-electron chi connectivity index (χ0n) is 11.9. The Labute approximate surface area is 118 Å². The van der Waals surface area contributed by atoms with Crippen LogP contribution in [-0.4, -0.2) is 54.2 Å². The van der Waals surface area contributed by atoms with Crippen molar-refractivity contribution < 1.29 is 24.2 Å². The number of methoxy groups -OCH3 is 1. The Morgan fingerprint density at radius 2 is 1.95 bits per heavy atom. The van der Waals surface area contributed by atoms with Crippen molar-refractivity contribution in [2.24, 2.45) is 5.92 Å². The lowest BCUT2D eigenvalue weighted by Gasteiger charge is -2.31. The summed E-state index contributed by atoms with van der Waals surface area (Å²) >= 11 is 0. The van der Waals surface area contributed by atoms with Crippen molar-refractivity contribution in [3.63, 3.8) is 0 Å². The lowest BCUT2D eigenvalue weighted by molar-refractivity contribution is -0.146. The number of nitrogens with zero attached hydrogens (tertiary/aromatic N) is 1. The number of esters is 1. The maximum atomic E-state index is 12.0. The normalized spacial score (nSPS) is 17.4. The highest BCUT2D eigenvalue weighted by Gasteiger charge is 2.29. The van der Waals surface area contributed by atoms with E-state index in [4.69, 9.17) is 5.11 Å². The summed E-state index contributed by atoms with van der Waals surface area (Å²) < 4.78 is 4.68. The fraction of sp³-hybridized carbons (Fsp3) is 0.769. The lowest BCUT2D eigenvalue weighted by Crippen LogP contribution is -2.50. The summed E-state index contributed by atoms with van der Waals surface area (Å²) in [5.74, 6) is -1.45. The topological polar surface area (TPSA) is 95.9 Å². The molecular weight excluding hydrogens is 264 g/mol. The second kappa shape index (κ2) is 7.72. The predicted molar refractivity (Wildman–Crippen MR) is 71.2 cm³/mol. The summed E-state index contributed by atoms with van der Waals surface area (Å²) in [6.45, 7) is 2.73.